The Labute approximate surface area is 98.8 Å². The Bertz CT molecular complexity index is 405. The molecule has 1 aliphatic rings. The number of hydrogen-bond donors (Lipinski definition) is 1. The number of esters is 1. The molecule has 4 nitrogen and oxygen atoms in total. The van der Waals surface area contributed by atoms with Gasteiger partial charge < -0.3 is 10.5 Å². The van der Waals surface area contributed by atoms with Gasteiger partial charge in [0.1, 0.15) is 5.15 Å². The summed E-state index contributed by atoms with van der Waals surface area (Å²) in [4.78, 5) is 15.4. The van der Waals surface area contributed by atoms with Gasteiger partial charge in [-0.15, -0.1) is 0 Å². The summed E-state index contributed by atoms with van der Waals surface area (Å²) < 4.78 is 5.11. The molecule has 1 aromatic rings. The molecule has 1 aliphatic carbocycles. The zero-order chi connectivity index (χ0) is 11.5. The first-order valence-corrected chi connectivity index (χ1v) is 5.63. The van der Waals surface area contributed by atoms with Crippen LogP contribution in [-0.4, -0.2) is 17.6 Å². The minimum Gasteiger partial charge on any atom is -0.462 e. The third-order valence-electron chi connectivity index (χ3n) is 2.58. The Hall–Kier alpha value is -1.29. The van der Waals surface area contributed by atoms with Gasteiger partial charge in [0.25, 0.3) is 0 Å². The Kier molecular flexibility index (Phi) is 3.29. The van der Waals surface area contributed by atoms with E-state index in [1.807, 2.05) is 0 Å². The fourth-order valence-corrected chi connectivity index (χ4v) is 1.58. The Morgan fingerprint density at radius 3 is 3.06 bits per heavy atom. The van der Waals surface area contributed by atoms with Crippen LogP contribution < -0.4 is 5.73 Å². The second kappa shape index (κ2) is 4.70. The summed E-state index contributed by atoms with van der Waals surface area (Å²) >= 11 is 5.68. The Morgan fingerprint density at radius 1 is 1.62 bits per heavy atom. The van der Waals surface area contributed by atoms with Crippen LogP contribution >= 0.6 is 11.6 Å². The molecule has 5 heteroatoms. The number of aromatic nitrogens is 1. The number of ether oxygens (including phenoxy) is 1. The molecule has 0 radical (unpaired) electrons. The minimum atomic E-state index is -0.428. The van der Waals surface area contributed by atoms with E-state index in [4.69, 9.17) is 22.1 Å². The van der Waals surface area contributed by atoms with Gasteiger partial charge in [0.15, 0.2) is 0 Å². The molecule has 0 spiro atoms. The average Bonchev–Trinajstić information content (AvgIpc) is 3.05. The molecule has 0 amide bonds. The third-order valence-corrected chi connectivity index (χ3v) is 2.78. The van der Waals surface area contributed by atoms with E-state index < -0.39 is 5.97 Å². The van der Waals surface area contributed by atoms with E-state index in [0.717, 1.165) is 12.3 Å². The average molecular weight is 241 g/mol. The van der Waals surface area contributed by atoms with Crippen LogP contribution in [0.15, 0.2) is 12.3 Å². The van der Waals surface area contributed by atoms with Gasteiger partial charge in [0.05, 0.1) is 24.1 Å². The first-order valence-electron chi connectivity index (χ1n) is 5.25. The SMILES string of the molecule is Nc1cnc(Cl)cc1C(=O)OCCC1CC1. The van der Waals surface area contributed by atoms with Crippen molar-refractivity contribution in [2.24, 2.45) is 5.92 Å². The minimum absolute atomic E-state index is 0.239. The summed E-state index contributed by atoms with van der Waals surface area (Å²) in [5, 5.41) is 0.239. The van der Waals surface area contributed by atoms with Crippen molar-refractivity contribution in [3.05, 3.63) is 23.0 Å². The molecule has 16 heavy (non-hydrogen) atoms. The number of nitrogens with two attached hydrogens (primary N) is 1. The Balaban J connectivity index is 1.93. The van der Waals surface area contributed by atoms with Crippen LogP contribution in [0, 0.1) is 5.92 Å². The first-order chi connectivity index (χ1) is 7.66. The van der Waals surface area contributed by atoms with Gasteiger partial charge in [-0.25, -0.2) is 9.78 Å². The second-order valence-electron chi connectivity index (χ2n) is 3.96. The van der Waals surface area contributed by atoms with Crippen molar-refractivity contribution in [1.29, 1.82) is 0 Å². The zero-order valence-electron chi connectivity index (χ0n) is 8.78. The molecule has 1 saturated carbocycles. The normalized spacial score (nSPS) is 14.8. The topological polar surface area (TPSA) is 65.2 Å². The summed E-state index contributed by atoms with van der Waals surface area (Å²) in [5.74, 6) is 0.314. The number of halogens is 1. The number of pyridine rings is 1. The monoisotopic (exact) mass is 240 g/mol. The largest absolute Gasteiger partial charge is 0.462 e. The number of rotatable bonds is 4. The Morgan fingerprint density at radius 2 is 2.38 bits per heavy atom. The molecule has 1 fully saturated rings. The first kappa shape index (κ1) is 11.2. The summed E-state index contributed by atoms with van der Waals surface area (Å²) in [7, 11) is 0. The molecule has 1 aromatic heterocycles. The fraction of sp³-hybridized carbons (Fsp3) is 0.455. The highest BCUT2D eigenvalue weighted by Gasteiger charge is 2.21. The number of anilines is 1. The van der Waals surface area contributed by atoms with Crippen LogP contribution in [0.25, 0.3) is 0 Å². The van der Waals surface area contributed by atoms with E-state index >= 15 is 0 Å². The number of carbonyl (C=O) groups excluding carboxylic acids is 1. The summed E-state index contributed by atoms with van der Waals surface area (Å²) in [6.07, 6.45) is 4.80. The predicted octanol–water partition coefficient (Wildman–Crippen LogP) is 2.27. The lowest BCUT2D eigenvalue weighted by Gasteiger charge is -2.06. The van der Waals surface area contributed by atoms with E-state index in [1.54, 1.807) is 0 Å². The van der Waals surface area contributed by atoms with Crippen LogP contribution in [0.4, 0.5) is 5.69 Å². The molecule has 0 unspecified atom stereocenters. The molecule has 1 heterocycles. The lowest BCUT2D eigenvalue weighted by atomic mass is 10.2. The van der Waals surface area contributed by atoms with Gasteiger partial charge in [-0.2, -0.15) is 0 Å². The second-order valence-corrected chi connectivity index (χ2v) is 4.35. The van der Waals surface area contributed by atoms with Crippen molar-refractivity contribution in [1.82, 2.24) is 4.98 Å². The van der Waals surface area contributed by atoms with Crippen LogP contribution in [0.1, 0.15) is 29.6 Å². The van der Waals surface area contributed by atoms with Crippen LogP contribution in [-0.2, 0) is 4.74 Å². The molecule has 0 bridgehead atoms. The molecule has 0 aromatic carbocycles. The number of nitrogens with zero attached hydrogens (tertiary/aromatic N) is 1. The van der Waals surface area contributed by atoms with Crippen molar-refractivity contribution < 1.29 is 9.53 Å². The van der Waals surface area contributed by atoms with Gasteiger partial charge in [-0.3, -0.25) is 0 Å². The van der Waals surface area contributed by atoms with Gasteiger partial charge >= 0.3 is 5.97 Å². The van der Waals surface area contributed by atoms with Crippen LogP contribution in [0.2, 0.25) is 5.15 Å². The molecule has 0 saturated heterocycles. The summed E-state index contributed by atoms with van der Waals surface area (Å²) in [5.41, 5.74) is 6.19. The molecular formula is C11H13ClN2O2. The lowest BCUT2D eigenvalue weighted by molar-refractivity contribution is 0.0496. The van der Waals surface area contributed by atoms with Crippen LogP contribution in [0.3, 0.4) is 0 Å². The summed E-state index contributed by atoms with van der Waals surface area (Å²) in [6.45, 7) is 0.447. The molecule has 0 atom stereocenters. The highest BCUT2D eigenvalue weighted by Crippen LogP contribution is 2.32. The molecular weight excluding hydrogens is 228 g/mol. The van der Waals surface area contributed by atoms with Crippen molar-refractivity contribution in [2.75, 3.05) is 12.3 Å². The quantitative estimate of drug-likeness (QED) is 0.648. The highest BCUT2D eigenvalue weighted by molar-refractivity contribution is 6.29. The maximum absolute atomic E-state index is 11.6. The van der Waals surface area contributed by atoms with E-state index in [-0.39, 0.29) is 10.7 Å². The lowest BCUT2D eigenvalue weighted by Crippen LogP contribution is -2.10. The van der Waals surface area contributed by atoms with Crippen LogP contribution in [0.5, 0.6) is 0 Å². The van der Waals surface area contributed by atoms with Crippen molar-refractivity contribution in [3.8, 4) is 0 Å². The number of hydrogen-bond acceptors (Lipinski definition) is 4. The number of nitrogen functional groups attached to an aromatic ring is 1. The van der Waals surface area contributed by atoms with E-state index in [2.05, 4.69) is 4.98 Å². The summed E-state index contributed by atoms with van der Waals surface area (Å²) in [6, 6.07) is 1.43. The van der Waals surface area contributed by atoms with E-state index in [1.165, 1.54) is 25.1 Å². The number of carbonyl (C=O) groups is 1. The smallest absolute Gasteiger partial charge is 0.340 e. The van der Waals surface area contributed by atoms with Gasteiger partial charge in [0, 0.05) is 0 Å². The van der Waals surface area contributed by atoms with Crippen molar-refractivity contribution >= 4 is 23.3 Å². The van der Waals surface area contributed by atoms with E-state index in [0.29, 0.717) is 12.3 Å². The predicted molar refractivity (Wildman–Crippen MR) is 61.3 cm³/mol. The van der Waals surface area contributed by atoms with Crippen molar-refractivity contribution in [2.45, 2.75) is 19.3 Å². The maximum atomic E-state index is 11.6. The van der Waals surface area contributed by atoms with E-state index in [9.17, 15) is 4.79 Å². The zero-order valence-corrected chi connectivity index (χ0v) is 9.54. The fourth-order valence-electron chi connectivity index (χ4n) is 1.42. The molecule has 86 valence electrons. The van der Waals surface area contributed by atoms with Gasteiger partial charge in [-0.1, -0.05) is 24.4 Å². The molecule has 2 rings (SSSR count). The third kappa shape index (κ3) is 2.85. The maximum Gasteiger partial charge on any atom is 0.340 e. The molecule has 0 aliphatic heterocycles. The van der Waals surface area contributed by atoms with Gasteiger partial charge in [0.2, 0.25) is 0 Å². The van der Waals surface area contributed by atoms with Crippen molar-refractivity contribution in [3.63, 3.8) is 0 Å². The standard InChI is InChI=1S/C11H13ClN2O2/c12-10-5-8(9(13)6-14-10)11(15)16-4-3-7-1-2-7/h5-7H,1-4,13H2. The van der Waals surface area contributed by atoms with Gasteiger partial charge in [-0.05, 0) is 18.4 Å². The molecule has 2 N–H and O–H groups in total. The highest BCUT2D eigenvalue weighted by atomic mass is 35.5.